The Kier molecular flexibility index (Phi) is 4.96. The number of methoxy groups -OCH3 is 1. The van der Waals surface area contributed by atoms with Crippen LogP contribution in [0.15, 0.2) is 46.9 Å². The van der Waals surface area contributed by atoms with E-state index in [2.05, 4.69) is 21.2 Å². The van der Waals surface area contributed by atoms with Crippen LogP contribution in [0.4, 0.5) is 4.39 Å². The molecule has 0 aliphatic carbocycles. The van der Waals surface area contributed by atoms with Gasteiger partial charge in [0.1, 0.15) is 11.6 Å². The zero-order chi connectivity index (χ0) is 15.4. The van der Waals surface area contributed by atoms with E-state index in [1.165, 1.54) is 6.07 Å². The summed E-state index contributed by atoms with van der Waals surface area (Å²) in [5.41, 5.74) is 0.842. The first-order valence-electron chi connectivity index (χ1n) is 6.42. The summed E-state index contributed by atoms with van der Waals surface area (Å²) in [5.74, 6) is -0.352. The Bertz CT molecular complexity index is 660. The van der Waals surface area contributed by atoms with Crippen molar-refractivity contribution in [1.29, 1.82) is 0 Å². The average molecular weight is 352 g/mol. The Balaban J connectivity index is 2.21. The molecule has 1 unspecified atom stereocenters. The second-order valence-electron chi connectivity index (χ2n) is 4.54. The monoisotopic (exact) mass is 351 g/mol. The van der Waals surface area contributed by atoms with Gasteiger partial charge in [0, 0.05) is 5.56 Å². The number of amides is 1. The zero-order valence-corrected chi connectivity index (χ0v) is 13.3. The summed E-state index contributed by atoms with van der Waals surface area (Å²) in [5, 5.41) is 2.78. The number of hydrogen-bond acceptors (Lipinski definition) is 2. The number of hydrogen-bond donors (Lipinski definition) is 1. The van der Waals surface area contributed by atoms with Gasteiger partial charge in [-0.2, -0.15) is 0 Å². The van der Waals surface area contributed by atoms with Crippen LogP contribution in [0.2, 0.25) is 0 Å². The van der Waals surface area contributed by atoms with Gasteiger partial charge in [0.15, 0.2) is 0 Å². The fourth-order valence-corrected chi connectivity index (χ4v) is 2.42. The van der Waals surface area contributed by atoms with Crippen LogP contribution in [0.25, 0.3) is 0 Å². The fourth-order valence-electron chi connectivity index (χ4n) is 2.06. The molecule has 110 valence electrons. The Morgan fingerprint density at radius 1 is 1.24 bits per heavy atom. The summed E-state index contributed by atoms with van der Waals surface area (Å²) < 4.78 is 19.4. The van der Waals surface area contributed by atoms with E-state index in [4.69, 9.17) is 4.74 Å². The third-order valence-electron chi connectivity index (χ3n) is 3.15. The molecule has 0 saturated carbocycles. The Hall–Kier alpha value is -1.88. The lowest BCUT2D eigenvalue weighted by Crippen LogP contribution is -2.27. The van der Waals surface area contributed by atoms with Gasteiger partial charge in [-0.05, 0) is 41.1 Å². The minimum absolute atomic E-state index is 0.00567. The van der Waals surface area contributed by atoms with Crippen molar-refractivity contribution in [2.45, 2.75) is 13.0 Å². The SMILES string of the molecule is COc1ccccc1C(C)NC(=O)c1cccc(Br)c1F. The molecule has 2 rings (SSSR count). The third kappa shape index (κ3) is 3.42. The van der Waals surface area contributed by atoms with Gasteiger partial charge in [0.05, 0.1) is 23.2 Å². The van der Waals surface area contributed by atoms with Gasteiger partial charge in [0.25, 0.3) is 5.91 Å². The molecular weight excluding hydrogens is 337 g/mol. The van der Waals surface area contributed by atoms with E-state index in [1.54, 1.807) is 19.2 Å². The molecule has 0 spiro atoms. The van der Waals surface area contributed by atoms with Crippen LogP contribution < -0.4 is 10.1 Å². The number of para-hydroxylation sites is 1. The second-order valence-corrected chi connectivity index (χ2v) is 5.39. The molecule has 3 nitrogen and oxygen atoms in total. The zero-order valence-electron chi connectivity index (χ0n) is 11.7. The molecular formula is C16H15BrFNO2. The van der Waals surface area contributed by atoms with E-state index >= 15 is 0 Å². The summed E-state index contributed by atoms with van der Waals surface area (Å²) in [6.07, 6.45) is 0. The Labute approximate surface area is 131 Å². The van der Waals surface area contributed by atoms with Crippen LogP contribution in [0.5, 0.6) is 5.75 Å². The Morgan fingerprint density at radius 3 is 2.67 bits per heavy atom. The maximum Gasteiger partial charge on any atom is 0.254 e. The molecule has 0 heterocycles. The number of ether oxygens (including phenoxy) is 1. The highest BCUT2D eigenvalue weighted by Crippen LogP contribution is 2.25. The van der Waals surface area contributed by atoms with Crippen molar-refractivity contribution >= 4 is 21.8 Å². The molecule has 2 aromatic carbocycles. The number of carbonyl (C=O) groups excluding carboxylic acids is 1. The van der Waals surface area contributed by atoms with Gasteiger partial charge in [-0.15, -0.1) is 0 Å². The Morgan fingerprint density at radius 2 is 1.95 bits per heavy atom. The maximum absolute atomic E-state index is 13.9. The van der Waals surface area contributed by atoms with Crippen molar-refractivity contribution in [2.24, 2.45) is 0 Å². The van der Waals surface area contributed by atoms with Crippen molar-refractivity contribution in [3.05, 3.63) is 63.9 Å². The van der Waals surface area contributed by atoms with Gasteiger partial charge < -0.3 is 10.1 Å². The van der Waals surface area contributed by atoms with E-state index in [1.807, 2.05) is 31.2 Å². The number of benzene rings is 2. The smallest absolute Gasteiger partial charge is 0.254 e. The highest BCUT2D eigenvalue weighted by atomic mass is 79.9. The van der Waals surface area contributed by atoms with Crippen molar-refractivity contribution in [2.75, 3.05) is 7.11 Å². The minimum Gasteiger partial charge on any atom is -0.496 e. The molecule has 1 N–H and O–H groups in total. The normalized spacial score (nSPS) is 11.8. The predicted molar refractivity (Wildman–Crippen MR) is 83.0 cm³/mol. The molecule has 1 amide bonds. The van der Waals surface area contributed by atoms with Crippen molar-refractivity contribution < 1.29 is 13.9 Å². The highest BCUT2D eigenvalue weighted by molar-refractivity contribution is 9.10. The quantitative estimate of drug-likeness (QED) is 0.900. The standard InChI is InChI=1S/C16H15BrFNO2/c1-10(11-6-3-4-9-14(11)21-2)19-16(20)12-7-5-8-13(17)15(12)18/h3-10H,1-2H3,(H,19,20). The fraction of sp³-hybridized carbons (Fsp3) is 0.188. The maximum atomic E-state index is 13.9. The molecule has 0 bridgehead atoms. The molecule has 5 heteroatoms. The van der Waals surface area contributed by atoms with Crippen LogP contribution in [0.1, 0.15) is 28.9 Å². The number of rotatable bonds is 4. The lowest BCUT2D eigenvalue weighted by Gasteiger charge is -2.17. The molecule has 21 heavy (non-hydrogen) atoms. The summed E-state index contributed by atoms with van der Waals surface area (Å²) in [4.78, 5) is 12.2. The topological polar surface area (TPSA) is 38.3 Å². The van der Waals surface area contributed by atoms with E-state index in [9.17, 15) is 9.18 Å². The first kappa shape index (κ1) is 15.5. The van der Waals surface area contributed by atoms with Gasteiger partial charge >= 0.3 is 0 Å². The number of halogens is 2. The van der Waals surface area contributed by atoms with Crippen LogP contribution >= 0.6 is 15.9 Å². The van der Waals surface area contributed by atoms with Gasteiger partial charge in [-0.25, -0.2) is 4.39 Å². The summed E-state index contributed by atoms with van der Waals surface area (Å²) in [6, 6.07) is 11.7. The number of carbonyl (C=O) groups is 1. The summed E-state index contributed by atoms with van der Waals surface area (Å²) in [7, 11) is 1.57. The first-order chi connectivity index (χ1) is 10.0. The molecule has 0 aliphatic heterocycles. The molecule has 0 saturated heterocycles. The van der Waals surface area contributed by atoms with Crippen molar-refractivity contribution in [3.8, 4) is 5.75 Å². The van der Waals surface area contributed by atoms with E-state index < -0.39 is 11.7 Å². The highest BCUT2D eigenvalue weighted by Gasteiger charge is 2.18. The number of nitrogens with one attached hydrogen (secondary N) is 1. The van der Waals surface area contributed by atoms with Gasteiger partial charge in [-0.1, -0.05) is 24.3 Å². The van der Waals surface area contributed by atoms with Crippen LogP contribution in [-0.4, -0.2) is 13.0 Å². The summed E-state index contributed by atoms with van der Waals surface area (Å²) >= 11 is 3.07. The summed E-state index contributed by atoms with van der Waals surface area (Å²) in [6.45, 7) is 1.83. The van der Waals surface area contributed by atoms with Gasteiger partial charge in [-0.3, -0.25) is 4.79 Å². The van der Waals surface area contributed by atoms with Gasteiger partial charge in [0.2, 0.25) is 0 Å². The molecule has 0 radical (unpaired) electrons. The average Bonchev–Trinajstić information content (AvgIpc) is 2.49. The lowest BCUT2D eigenvalue weighted by atomic mass is 10.1. The van der Waals surface area contributed by atoms with Crippen LogP contribution in [0, 0.1) is 5.82 Å². The van der Waals surface area contributed by atoms with Crippen LogP contribution in [-0.2, 0) is 0 Å². The van der Waals surface area contributed by atoms with Crippen LogP contribution in [0.3, 0.4) is 0 Å². The van der Waals surface area contributed by atoms with E-state index in [0.717, 1.165) is 5.56 Å². The second kappa shape index (κ2) is 6.72. The minimum atomic E-state index is -0.567. The largest absolute Gasteiger partial charge is 0.496 e. The molecule has 0 aliphatic rings. The van der Waals surface area contributed by atoms with Crippen molar-refractivity contribution in [1.82, 2.24) is 5.32 Å². The first-order valence-corrected chi connectivity index (χ1v) is 7.21. The van der Waals surface area contributed by atoms with Crippen molar-refractivity contribution in [3.63, 3.8) is 0 Å². The van der Waals surface area contributed by atoms with E-state index in [-0.39, 0.29) is 16.1 Å². The molecule has 0 fully saturated rings. The molecule has 1 atom stereocenters. The van der Waals surface area contributed by atoms with E-state index in [0.29, 0.717) is 5.75 Å². The third-order valence-corrected chi connectivity index (χ3v) is 3.76. The molecule has 0 aromatic heterocycles. The predicted octanol–water partition coefficient (Wildman–Crippen LogP) is 4.09. The lowest BCUT2D eigenvalue weighted by molar-refractivity contribution is 0.0935. The molecule has 2 aromatic rings.